The van der Waals surface area contributed by atoms with Gasteiger partial charge in [0.1, 0.15) is 0 Å². The molecule has 0 radical (unpaired) electrons. The van der Waals surface area contributed by atoms with Crippen molar-refractivity contribution in [1.29, 1.82) is 0 Å². The van der Waals surface area contributed by atoms with E-state index >= 15 is 0 Å². The standard InChI is InChI=1S/5C19H29NO3.C18H27NO3/c5*1-12(2)7-14-11-20-6-5-13-8-18(22-3)19(23-4)9-15(13)16(20)10-17(14)21;1-11(2)6-13-10-19-5-4-12-7-17(21)18(22-3)8-14(12)15(19)9-16(13)20/h5*8-9,12,14,16-17,21H,5-7,10-11H2,1-4H3;7-8,11,13,15-16,20-21H,4-6,9-10H2,1-3H3/i1D3,4D3,7D2,8D,9D,10D2,12D,14D,17D;1D3,4D3,7D2,8D,9D,12D,16D;4D3,8D,9D,16D;2*8D,9D,16D;1D3,6D2,7D,8D,11D,15D. The van der Waals surface area contributed by atoms with Crippen molar-refractivity contribution in [3.05, 3.63) is 139 Å². The third kappa shape index (κ3) is 25.4. The number of methoxy groups -OCH3 is 11. The Balaban J connectivity index is 0.000000181. The lowest BCUT2D eigenvalue weighted by molar-refractivity contribution is -0.0192. The molecule has 6 aromatic rings. The van der Waals surface area contributed by atoms with Gasteiger partial charge in [0.25, 0.3) is 0 Å². The van der Waals surface area contributed by atoms with Gasteiger partial charge in [0, 0.05) is 143 Å². The number of phenolic OH excluding ortho intramolecular Hbond substituents is 1. The van der Waals surface area contributed by atoms with Gasteiger partial charge in [0.2, 0.25) is 0 Å². The van der Waals surface area contributed by atoms with Crippen LogP contribution in [0, 0.1) is 70.9 Å². The first kappa shape index (κ1) is 59.5. The Morgan fingerprint density at radius 2 is 0.569 bits per heavy atom. The summed E-state index contributed by atoms with van der Waals surface area (Å²) in [4.78, 5) is 10.3. The third-order valence-electron chi connectivity index (χ3n) is 27.0. The Bertz CT molecular complexity index is 7220. The maximum atomic E-state index is 11.3. The van der Waals surface area contributed by atoms with Crippen LogP contribution in [-0.2, 0) is 38.5 Å². The van der Waals surface area contributed by atoms with Gasteiger partial charge in [-0.25, -0.2) is 0 Å². The van der Waals surface area contributed by atoms with E-state index in [1.807, 2.05) is 4.90 Å². The highest BCUT2D eigenvalue weighted by molar-refractivity contribution is 5.55. The Kier molecular flexibility index (Phi) is 21.1. The van der Waals surface area contributed by atoms with Gasteiger partial charge in [-0.05, 0) is 326 Å². The predicted molar refractivity (Wildman–Crippen MR) is 542 cm³/mol. The molecular weight excluding hydrogens is 1730 g/mol. The Hall–Kier alpha value is -7.56. The minimum Gasteiger partial charge on any atom is -0.504 e. The summed E-state index contributed by atoms with van der Waals surface area (Å²) in [6, 6.07) is -11.1. The Morgan fingerprint density at radius 3 is 0.854 bits per heavy atom. The van der Waals surface area contributed by atoms with Crippen LogP contribution in [0.25, 0.3) is 0 Å². The van der Waals surface area contributed by atoms with E-state index in [-0.39, 0.29) is 235 Å². The average molecular weight is 1950 g/mol. The van der Waals surface area contributed by atoms with Gasteiger partial charge < -0.3 is 87.9 Å². The fourth-order valence-electron chi connectivity index (χ4n) is 20.6. The third-order valence-corrected chi connectivity index (χ3v) is 27.0. The molecule has 762 valence electrons. The van der Waals surface area contributed by atoms with Crippen molar-refractivity contribution in [2.75, 3.05) is 157 Å². The molecule has 7 N–H and O–H groups in total. The monoisotopic (exact) mass is 1950 g/mol. The maximum Gasteiger partial charge on any atom is 0.161 e. The normalized spacial score (nSPS) is 39.0. The Morgan fingerprint density at radius 1 is 0.328 bits per heavy atom. The molecule has 12 aliphatic rings. The van der Waals surface area contributed by atoms with Gasteiger partial charge in [-0.15, -0.1) is 0 Å². The Labute approximate surface area is 888 Å². The first-order valence-electron chi connectivity index (χ1n) is 71.1. The van der Waals surface area contributed by atoms with Crippen molar-refractivity contribution in [1.82, 2.24) is 29.4 Å². The number of fused-ring (bicyclic) bond motifs is 18. The molecular formula is C113H172N6O18. The number of nitrogens with zero attached hydrogens (tertiary/aromatic N) is 6. The van der Waals surface area contributed by atoms with E-state index in [0.29, 0.717) is 117 Å². The van der Waals surface area contributed by atoms with Gasteiger partial charge in [0.15, 0.2) is 69.0 Å². The van der Waals surface area contributed by atoms with Gasteiger partial charge in [-0.1, -0.05) is 82.9 Å². The lowest BCUT2D eigenvalue weighted by Crippen LogP contribution is -2.48. The van der Waals surface area contributed by atoms with Crippen LogP contribution in [0.15, 0.2) is 72.5 Å². The number of aromatic hydroxyl groups is 1. The highest BCUT2D eigenvalue weighted by Crippen LogP contribution is 2.52. The van der Waals surface area contributed by atoms with Crippen LogP contribution in [0.2, 0.25) is 0 Å². The zero-order chi connectivity index (χ0) is 140. The highest BCUT2D eigenvalue weighted by atomic mass is 16.5. The number of aliphatic hydroxyl groups excluding tert-OH is 5. The van der Waals surface area contributed by atoms with Gasteiger partial charge in [0.05, 0.1) is 152 Å². The van der Waals surface area contributed by atoms with Gasteiger partial charge in [-0.2, -0.15) is 0 Å². The van der Waals surface area contributed by atoms with E-state index in [1.54, 1.807) is 4.90 Å². The van der Waals surface area contributed by atoms with Crippen LogP contribution in [0.4, 0.5) is 0 Å². The lowest BCUT2D eigenvalue weighted by atomic mass is 9.79. The molecule has 0 saturated carbocycles. The molecule has 12 aliphatic heterocycles. The molecule has 0 bridgehead atoms. The van der Waals surface area contributed by atoms with E-state index in [0.717, 1.165) is 45.1 Å². The number of benzene rings is 6. The largest absolute Gasteiger partial charge is 0.504 e. The highest BCUT2D eigenvalue weighted by Gasteiger charge is 2.47. The summed E-state index contributed by atoms with van der Waals surface area (Å²) < 4.78 is 451. The van der Waals surface area contributed by atoms with Crippen LogP contribution in [0.1, 0.15) is 328 Å². The minimum absolute atomic E-state index is 0.0380. The van der Waals surface area contributed by atoms with Crippen molar-refractivity contribution < 1.29 is 154 Å². The van der Waals surface area contributed by atoms with Crippen molar-refractivity contribution in [2.24, 2.45) is 70.9 Å². The number of phenols is 1. The second-order valence-electron chi connectivity index (χ2n) is 37.9. The van der Waals surface area contributed by atoms with Crippen LogP contribution in [0.5, 0.6) is 69.0 Å². The second-order valence-corrected chi connectivity index (χ2v) is 37.9. The molecule has 21 unspecified atom stereocenters. The van der Waals surface area contributed by atoms with E-state index in [4.69, 9.17) is 115 Å². The molecule has 12 heterocycles. The summed E-state index contributed by atoms with van der Waals surface area (Å²) in [5.41, 5.74) is 3.46. The molecule has 24 nitrogen and oxygen atoms in total. The average Bonchev–Trinajstić information content (AvgIpc) is 0.669. The number of piperidine rings is 6. The summed E-state index contributed by atoms with van der Waals surface area (Å²) in [6.45, 7) is 8.61. The van der Waals surface area contributed by atoms with E-state index < -0.39 is 224 Å². The second kappa shape index (κ2) is 48.5. The molecule has 0 spiro atoms. The number of hydrogen-bond donors (Lipinski definition) is 7. The number of rotatable bonds is 23. The van der Waals surface area contributed by atoms with E-state index in [1.165, 1.54) is 54.7 Å². The van der Waals surface area contributed by atoms with E-state index in [9.17, 15) is 38.5 Å². The van der Waals surface area contributed by atoms with Crippen LogP contribution in [0.3, 0.4) is 0 Å². The number of hydrogen-bond acceptors (Lipinski definition) is 24. The summed E-state index contributed by atoms with van der Waals surface area (Å²) in [5, 5.41) is 75.5. The fourth-order valence-corrected chi connectivity index (χ4v) is 20.6. The SMILES string of the molecule is [2H]c1c(O)c(OC)c([2H])c2c1CCN1CC(C([2H])([2H])C([2H])(C)C([2H])([2H])[2H])C(O)CC21[2H].[2H]c1c2c(c([2H])c(OC([2H])([2H])[2H])c1OC)C1([2H])CC(O)C(C([2H])([2H])C([2H])(C)C([2H])([2H])[2H])CN1CC2.[2H]c1c2c(c([2H])c(OC([2H])([2H])[2H])c1OC)C1([2H])CC(O)C(CC(C)C)CN1CC2.[2H]c1c2c(c([2H])c(OC([2H])([2H])[2H])c1OC)C1N(CC2)CC([2H])(C([2H])([2H])C([2H])(C)C([2H])([2H])[2H])C([2H])(O)C1([2H])[2H].[2H]c1c2c(c([2H])c(OC)c1OC)C1([2H])CC(O)C(CC(C)C)CN1CC2.[2H]c1c2c(c([2H])c(OC)c1OC)C1([2H])CC(O)C(CC(C)C)CN1CC2. The summed E-state index contributed by atoms with van der Waals surface area (Å²) >= 11 is 0. The molecule has 24 heteroatoms. The summed E-state index contributed by atoms with van der Waals surface area (Å²) in [7, 11) is 1.84. The summed E-state index contributed by atoms with van der Waals surface area (Å²) in [6.07, 6.45) is -16.2. The molecule has 6 aromatic carbocycles. The van der Waals surface area contributed by atoms with Crippen LogP contribution >= 0.6 is 0 Å². The van der Waals surface area contributed by atoms with E-state index in [2.05, 4.69) is 51.3 Å². The van der Waals surface area contributed by atoms with Gasteiger partial charge >= 0.3 is 0 Å². The molecule has 21 atom stereocenters. The molecule has 6 saturated heterocycles. The molecule has 6 fully saturated rings. The van der Waals surface area contributed by atoms with Crippen molar-refractivity contribution in [3.8, 4) is 69.0 Å². The maximum absolute atomic E-state index is 11.3. The zero-order valence-corrected chi connectivity index (χ0v) is 81.8. The molecule has 0 aliphatic carbocycles. The lowest BCUT2D eigenvalue weighted by Gasteiger charge is -2.46. The summed E-state index contributed by atoms with van der Waals surface area (Å²) in [5.74, 6) is -14.3. The topological polar surface area (TPSA) is 263 Å². The van der Waals surface area contributed by atoms with Crippen molar-refractivity contribution in [2.45, 2.75) is 271 Å². The van der Waals surface area contributed by atoms with Crippen molar-refractivity contribution in [3.63, 3.8) is 0 Å². The van der Waals surface area contributed by atoms with Crippen molar-refractivity contribution >= 4 is 0 Å². The number of ether oxygens (including phenoxy) is 11. The smallest absolute Gasteiger partial charge is 0.161 e. The quantitative estimate of drug-likeness (QED) is 0.0314. The molecule has 0 aromatic heterocycles. The molecule has 137 heavy (non-hydrogen) atoms. The van der Waals surface area contributed by atoms with Crippen LogP contribution in [-0.4, -0.2) is 258 Å². The minimum atomic E-state index is -3.69. The molecule has 18 rings (SSSR count). The fraction of sp³-hybridized carbons (Fsp3) is 0.681. The predicted octanol–water partition coefficient (Wildman–Crippen LogP) is 17.9. The zero-order valence-electron chi connectivity index (χ0n) is 130. The van der Waals surface area contributed by atoms with Gasteiger partial charge in [-0.3, -0.25) is 29.4 Å². The van der Waals surface area contributed by atoms with Crippen LogP contribution < -0.4 is 52.1 Å². The number of aliphatic hydroxyl groups is 6. The first-order chi connectivity index (χ1) is 84.4. The molecule has 0 amide bonds. The first-order valence-corrected chi connectivity index (χ1v) is 47.1.